The second kappa shape index (κ2) is 9.72. The molecule has 0 N–H and O–H groups in total. The first kappa shape index (κ1) is 19.6. The summed E-state index contributed by atoms with van der Waals surface area (Å²) in [4.78, 5) is 11.4. The maximum Gasteiger partial charge on any atom is 0.159 e. The van der Waals surface area contributed by atoms with Crippen molar-refractivity contribution in [2.75, 3.05) is 0 Å². The smallest absolute Gasteiger partial charge is 0.159 e. The molecule has 0 aromatic heterocycles. The van der Waals surface area contributed by atoms with Crippen LogP contribution < -0.4 is 0 Å². The molecule has 0 bridgehead atoms. The molecule has 2 aliphatic rings. The Morgan fingerprint density at radius 1 is 0.846 bits per heavy atom. The zero-order chi connectivity index (χ0) is 18.4. The molecule has 2 fully saturated rings. The van der Waals surface area contributed by atoms with Crippen LogP contribution in [0.4, 0.5) is 0 Å². The van der Waals surface area contributed by atoms with Crippen LogP contribution in [0, 0.1) is 17.8 Å². The van der Waals surface area contributed by atoms with Gasteiger partial charge < -0.3 is 0 Å². The van der Waals surface area contributed by atoms with E-state index < -0.39 is 0 Å². The molecule has 0 aliphatic heterocycles. The first-order valence-electron chi connectivity index (χ1n) is 11.3. The van der Waals surface area contributed by atoms with Gasteiger partial charge in [0.2, 0.25) is 0 Å². The molecule has 0 radical (unpaired) electrons. The summed E-state index contributed by atoms with van der Waals surface area (Å²) in [6, 6.07) is 8.43. The van der Waals surface area contributed by atoms with E-state index >= 15 is 0 Å². The molecule has 0 atom stereocenters. The average Bonchev–Trinajstić information content (AvgIpc) is 2.69. The normalized spacial score (nSPS) is 29.5. The number of ketones is 1. The molecular weight excluding hydrogens is 316 g/mol. The van der Waals surface area contributed by atoms with Crippen LogP contribution in [0.1, 0.15) is 113 Å². The van der Waals surface area contributed by atoms with Crippen LogP contribution in [-0.2, 0) is 0 Å². The lowest BCUT2D eigenvalue weighted by atomic mass is 9.68. The molecule has 0 saturated heterocycles. The van der Waals surface area contributed by atoms with Crippen molar-refractivity contribution in [2.24, 2.45) is 17.8 Å². The fourth-order valence-electron chi connectivity index (χ4n) is 5.55. The van der Waals surface area contributed by atoms with Crippen LogP contribution in [-0.4, -0.2) is 5.78 Å². The van der Waals surface area contributed by atoms with E-state index in [2.05, 4.69) is 19.1 Å². The minimum atomic E-state index is 0.172. The average molecular weight is 355 g/mol. The third-order valence-electron chi connectivity index (χ3n) is 7.33. The third kappa shape index (κ3) is 5.21. The summed E-state index contributed by atoms with van der Waals surface area (Å²) in [5.41, 5.74) is 2.30. The Morgan fingerprint density at radius 3 is 1.96 bits per heavy atom. The van der Waals surface area contributed by atoms with Gasteiger partial charge in [-0.15, -0.1) is 0 Å². The Kier molecular flexibility index (Phi) is 7.34. The number of hydrogen-bond donors (Lipinski definition) is 0. The zero-order valence-corrected chi connectivity index (χ0v) is 17.0. The largest absolute Gasteiger partial charge is 0.295 e. The highest BCUT2D eigenvalue weighted by Gasteiger charge is 2.31. The molecular formula is C25H38O. The zero-order valence-electron chi connectivity index (χ0n) is 17.0. The van der Waals surface area contributed by atoms with Crippen molar-refractivity contribution < 1.29 is 4.79 Å². The molecule has 0 heterocycles. The van der Waals surface area contributed by atoms with Gasteiger partial charge in [-0.3, -0.25) is 4.79 Å². The lowest BCUT2D eigenvalue weighted by molar-refractivity contribution is 0.101. The summed E-state index contributed by atoms with van der Waals surface area (Å²) in [6.07, 6.45) is 17.3. The second-order valence-corrected chi connectivity index (χ2v) is 9.07. The number of carbonyl (C=O) groups is 1. The Hall–Kier alpha value is -1.11. The van der Waals surface area contributed by atoms with Crippen molar-refractivity contribution in [3.63, 3.8) is 0 Å². The summed E-state index contributed by atoms with van der Waals surface area (Å²) in [5.74, 6) is 3.93. The molecule has 1 nitrogen and oxygen atoms in total. The van der Waals surface area contributed by atoms with Crippen LogP contribution in [0.3, 0.4) is 0 Å². The summed E-state index contributed by atoms with van der Waals surface area (Å²) in [6.45, 7) is 3.96. The first-order chi connectivity index (χ1) is 12.7. The molecule has 0 unspecified atom stereocenters. The number of unbranched alkanes of at least 4 members (excludes halogenated alkanes) is 2. The summed E-state index contributed by atoms with van der Waals surface area (Å²) < 4.78 is 0. The lowest BCUT2D eigenvalue weighted by Crippen LogP contribution is -2.25. The third-order valence-corrected chi connectivity index (χ3v) is 7.33. The summed E-state index contributed by atoms with van der Waals surface area (Å²) >= 11 is 0. The highest BCUT2D eigenvalue weighted by molar-refractivity contribution is 5.94. The molecule has 2 saturated carbocycles. The Balaban J connectivity index is 1.42. The van der Waals surface area contributed by atoms with Gasteiger partial charge in [-0.1, -0.05) is 69.7 Å². The number of carbonyl (C=O) groups excluding carboxylic acids is 1. The Bertz CT molecular complexity index is 542. The quantitative estimate of drug-likeness (QED) is 0.365. The molecule has 1 aromatic rings. The molecule has 1 aromatic carbocycles. The van der Waals surface area contributed by atoms with Crippen molar-refractivity contribution in [2.45, 2.75) is 96.8 Å². The lowest BCUT2D eigenvalue weighted by Gasteiger charge is -2.38. The maximum atomic E-state index is 11.4. The number of hydrogen-bond acceptors (Lipinski definition) is 1. The fourth-order valence-corrected chi connectivity index (χ4v) is 5.55. The van der Waals surface area contributed by atoms with Gasteiger partial charge in [-0.05, 0) is 74.7 Å². The highest BCUT2D eigenvalue weighted by atomic mass is 16.1. The summed E-state index contributed by atoms with van der Waals surface area (Å²) in [7, 11) is 0. The number of benzene rings is 1. The van der Waals surface area contributed by atoms with Gasteiger partial charge in [0.05, 0.1) is 0 Å². The standard InChI is InChI=1S/C25H38O/c1-3-4-5-6-20-7-9-22(10-8-20)24-15-17-25(18-16-24)23-13-11-21(12-14-23)19(2)26/h11-14,20,22,24-25H,3-10,15-18H2,1-2H3. The van der Waals surface area contributed by atoms with Crippen molar-refractivity contribution in [1.82, 2.24) is 0 Å². The Morgan fingerprint density at radius 2 is 1.42 bits per heavy atom. The molecule has 144 valence electrons. The van der Waals surface area contributed by atoms with Gasteiger partial charge >= 0.3 is 0 Å². The second-order valence-electron chi connectivity index (χ2n) is 9.07. The van der Waals surface area contributed by atoms with Crippen molar-refractivity contribution in [3.8, 4) is 0 Å². The van der Waals surface area contributed by atoms with Crippen LogP contribution in [0.15, 0.2) is 24.3 Å². The van der Waals surface area contributed by atoms with Crippen molar-refractivity contribution >= 4 is 5.78 Å². The van der Waals surface area contributed by atoms with E-state index in [1.807, 2.05) is 12.1 Å². The van der Waals surface area contributed by atoms with Gasteiger partial charge in [-0.25, -0.2) is 0 Å². The van der Waals surface area contributed by atoms with Crippen LogP contribution in [0.5, 0.6) is 0 Å². The minimum absolute atomic E-state index is 0.172. The fraction of sp³-hybridized carbons (Fsp3) is 0.720. The number of Topliss-reactive ketones (excluding diaryl/α,β-unsaturated/α-hetero) is 1. The van der Waals surface area contributed by atoms with E-state index in [-0.39, 0.29) is 5.78 Å². The van der Waals surface area contributed by atoms with Crippen LogP contribution >= 0.6 is 0 Å². The molecule has 26 heavy (non-hydrogen) atoms. The van der Waals surface area contributed by atoms with E-state index in [4.69, 9.17) is 0 Å². The topological polar surface area (TPSA) is 17.1 Å². The van der Waals surface area contributed by atoms with Gasteiger partial charge in [0.25, 0.3) is 0 Å². The van der Waals surface area contributed by atoms with Gasteiger partial charge in [0.15, 0.2) is 5.78 Å². The SMILES string of the molecule is CCCCCC1CCC(C2CCC(c3ccc(C(C)=O)cc3)CC2)CC1. The summed E-state index contributed by atoms with van der Waals surface area (Å²) in [5, 5.41) is 0. The molecule has 3 rings (SSSR count). The highest BCUT2D eigenvalue weighted by Crippen LogP contribution is 2.44. The minimum Gasteiger partial charge on any atom is -0.295 e. The molecule has 2 aliphatic carbocycles. The van der Waals surface area contributed by atoms with Crippen LogP contribution in [0.2, 0.25) is 0 Å². The van der Waals surface area contributed by atoms with Crippen molar-refractivity contribution in [3.05, 3.63) is 35.4 Å². The van der Waals surface area contributed by atoms with E-state index in [0.717, 1.165) is 29.2 Å². The van der Waals surface area contributed by atoms with Crippen LogP contribution in [0.25, 0.3) is 0 Å². The van der Waals surface area contributed by atoms with E-state index in [1.165, 1.54) is 82.6 Å². The van der Waals surface area contributed by atoms with E-state index in [9.17, 15) is 4.79 Å². The number of rotatable bonds is 7. The van der Waals surface area contributed by atoms with Crippen molar-refractivity contribution in [1.29, 1.82) is 0 Å². The first-order valence-corrected chi connectivity index (χ1v) is 11.3. The Labute approximate surface area is 161 Å². The molecule has 0 spiro atoms. The predicted molar refractivity (Wildman–Crippen MR) is 111 cm³/mol. The molecule has 0 amide bonds. The van der Waals surface area contributed by atoms with Gasteiger partial charge in [-0.2, -0.15) is 0 Å². The maximum absolute atomic E-state index is 11.4. The monoisotopic (exact) mass is 354 g/mol. The van der Waals surface area contributed by atoms with E-state index in [0.29, 0.717) is 0 Å². The van der Waals surface area contributed by atoms with E-state index in [1.54, 1.807) is 6.92 Å². The van der Waals surface area contributed by atoms with Gasteiger partial charge in [0.1, 0.15) is 0 Å². The molecule has 1 heteroatoms. The van der Waals surface area contributed by atoms with Gasteiger partial charge in [0, 0.05) is 5.56 Å². The predicted octanol–water partition coefficient (Wildman–Crippen LogP) is 7.55.